The van der Waals surface area contributed by atoms with Crippen LogP contribution < -0.4 is 29.6 Å². The second kappa shape index (κ2) is 15.4. The predicted molar refractivity (Wildman–Crippen MR) is 199 cm³/mol. The quantitative estimate of drug-likeness (QED) is 0.0870. The molecule has 0 aliphatic heterocycles. The van der Waals surface area contributed by atoms with Crippen molar-refractivity contribution >= 4 is 66.6 Å². The molecule has 16 heteroatoms. The molecule has 2 heterocycles. The number of aliphatic carboxylic acids is 2. The third-order valence-electron chi connectivity index (χ3n) is 8.09. The summed E-state index contributed by atoms with van der Waals surface area (Å²) in [6.07, 6.45) is -1.49. The third-order valence-corrected chi connectivity index (χ3v) is 10.0. The lowest BCUT2D eigenvalue weighted by Crippen LogP contribution is -2.67. The van der Waals surface area contributed by atoms with E-state index in [-0.39, 0.29) is 44.9 Å². The molecule has 0 aliphatic carbocycles. The molecule has 0 bridgehead atoms. The fourth-order valence-corrected chi connectivity index (χ4v) is 7.22. The van der Waals surface area contributed by atoms with Crippen molar-refractivity contribution in [1.29, 1.82) is 0 Å². The van der Waals surface area contributed by atoms with Gasteiger partial charge in [0.1, 0.15) is 47.3 Å². The van der Waals surface area contributed by atoms with Gasteiger partial charge in [-0.15, -0.1) is 0 Å². The van der Waals surface area contributed by atoms with Crippen LogP contribution in [-0.2, 0) is 22.8 Å². The number of benzene rings is 4. The summed E-state index contributed by atoms with van der Waals surface area (Å²) in [6.45, 7) is 0.308. The fourth-order valence-electron chi connectivity index (χ4n) is 5.43. The van der Waals surface area contributed by atoms with Crippen LogP contribution in [0.1, 0.15) is 38.3 Å². The van der Waals surface area contributed by atoms with Crippen LogP contribution in [0.3, 0.4) is 0 Å². The summed E-state index contributed by atoms with van der Waals surface area (Å²) in [6, 6.07) is 27.0. The largest absolute Gasteiger partial charge is 0.506 e. The second-order valence-electron chi connectivity index (χ2n) is 11.8. The molecule has 6 N–H and O–H groups in total. The lowest BCUT2D eigenvalue weighted by atomic mass is 10.0. The van der Waals surface area contributed by atoms with Crippen molar-refractivity contribution in [3.8, 4) is 23.0 Å². The maximum atomic E-state index is 13.6. The molecule has 2 aromatic heterocycles. The van der Waals surface area contributed by atoms with E-state index in [0.29, 0.717) is 22.7 Å². The molecule has 0 radical (unpaired) electrons. The lowest BCUT2D eigenvalue weighted by Gasteiger charge is -2.30. The normalized spacial score (nSPS) is 11.2. The number of ether oxygens (including phenoxy) is 2. The first kappa shape index (κ1) is 37.0. The van der Waals surface area contributed by atoms with Crippen LogP contribution in [0.5, 0.6) is 23.0 Å². The van der Waals surface area contributed by atoms with Gasteiger partial charge in [0.25, 0.3) is 11.8 Å². The number of carboxylic acid groups (broad SMARTS) is 2. The van der Waals surface area contributed by atoms with Crippen LogP contribution >= 0.6 is 22.7 Å². The van der Waals surface area contributed by atoms with Gasteiger partial charge in [0.2, 0.25) is 15.1 Å². The maximum absolute atomic E-state index is 13.6. The molecule has 274 valence electrons. The molecule has 6 rings (SSSR count). The minimum atomic E-state index is -3.20. The third kappa shape index (κ3) is 7.84. The number of hydrogen-bond donors (Lipinski definition) is 6. The summed E-state index contributed by atoms with van der Waals surface area (Å²) in [5, 5.41) is 45.9. The van der Waals surface area contributed by atoms with Crippen molar-refractivity contribution in [2.24, 2.45) is 0 Å². The Morgan fingerprint density at radius 1 is 0.611 bits per heavy atom. The number of aromatic hydroxyl groups is 2. The molecular weight excluding hydrogens is 741 g/mol. The topological polar surface area (TPSA) is 226 Å². The Kier molecular flexibility index (Phi) is 10.6. The van der Waals surface area contributed by atoms with Gasteiger partial charge in [-0.3, -0.25) is 24.0 Å². The van der Waals surface area contributed by atoms with E-state index in [1.165, 1.54) is 24.3 Å². The standard InChI is InChI=1S/C38H28N2O12S2/c41-28(42)17-38(37(49)50,39-33(45)29-31(43)24-15-22(11-13-26(24)53-35(29)47)51-18-20-7-3-1-4-8-20)40-34(46)30-32(44)25-16-23(12-14-27(25)54-36(30)48)52-19-21-9-5-2-6-10-21/h1-16,43-44H,17-19H2,(H,39,45)(H,40,46)(H,41,42)(H,49,50). The zero-order valence-electron chi connectivity index (χ0n) is 27.7. The van der Waals surface area contributed by atoms with Crippen molar-refractivity contribution in [3.63, 3.8) is 0 Å². The number of hydrogen-bond acceptors (Lipinski definition) is 12. The van der Waals surface area contributed by atoms with E-state index in [1.54, 1.807) is 12.1 Å². The molecule has 0 saturated heterocycles. The lowest BCUT2D eigenvalue weighted by molar-refractivity contribution is -0.152. The van der Waals surface area contributed by atoms with Crippen LogP contribution in [0.2, 0.25) is 0 Å². The number of nitrogens with one attached hydrogen (secondary N) is 2. The molecule has 0 fully saturated rings. The summed E-state index contributed by atoms with van der Waals surface area (Å²) >= 11 is 1.07. The highest BCUT2D eigenvalue weighted by atomic mass is 32.1. The molecule has 0 atom stereocenters. The Balaban J connectivity index is 1.31. The Morgan fingerprint density at radius 2 is 1.02 bits per heavy atom. The van der Waals surface area contributed by atoms with Crippen LogP contribution in [0.4, 0.5) is 0 Å². The van der Waals surface area contributed by atoms with Crippen molar-refractivity contribution in [3.05, 3.63) is 138 Å². The molecule has 0 spiro atoms. The smallest absolute Gasteiger partial charge is 0.351 e. The molecule has 2 amide bonds. The Hall–Kier alpha value is -6.78. The monoisotopic (exact) mass is 768 g/mol. The molecule has 4 aromatic carbocycles. The minimum Gasteiger partial charge on any atom is -0.506 e. The number of carbonyl (C=O) groups excluding carboxylic acids is 2. The van der Waals surface area contributed by atoms with Gasteiger partial charge in [-0.05, 0) is 47.5 Å². The first-order valence-corrected chi connectivity index (χ1v) is 17.5. The first-order chi connectivity index (χ1) is 25.8. The minimum absolute atomic E-state index is 0.0100. The van der Waals surface area contributed by atoms with Crippen molar-refractivity contribution in [2.75, 3.05) is 0 Å². The number of carbonyl (C=O) groups is 4. The van der Waals surface area contributed by atoms with Gasteiger partial charge < -0.3 is 40.5 Å². The van der Waals surface area contributed by atoms with Crippen molar-refractivity contribution < 1.29 is 49.1 Å². The number of carboxylic acids is 2. The molecule has 0 saturated carbocycles. The van der Waals surface area contributed by atoms with Gasteiger partial charge in [0.05, 0.1) is 6.42 Å². The van der Waals surface area contributed by atoms with E-state index in [0.717, 1.165) is 11.1 Å². The highest BCUT2D eigenvalue weighted by molar-refractivity contribution is 7.16. The predicted octanol–water partition coefficient (Wildman–Crippen LogP) is 4.82. The SMILES string of the molecule is O=C(O)CC(NC(=O)c1c(O)c2cc(OCc3ccccc3)ccc2sc1=O)(NC(=O)c1c(O)c2cc(OCc3ccccc3)ccc2sc1=O)C(=O)O. The Bertz CT molecular complexity index is 2390. The summed E-state index contributed by atoms with van der Waals surface area (Å²) in [5.41, 5.74) is -3.41. The molecule has 0 aliphatic rings. The maximum Gasteiger partial charge on any atom is 0.351 e. The van der Waals surface area contributed by atoms with E-state index in [1.807, 2.05) is 71.3 Å². The van der Waals surface area contributed by atoms with Crippen LogP contribution in [0, 0.1) is 0 Å². The van der Waals surface area contributed by atoms with E-state index >= 15 is 0 Å². The highest BCUT2D eigenvalue weighted by Gasteiger charge is 2.46. The van der Waals surface area contributed by atoms with Gasteiger partial charge in [-0.25, -0.2) is 4.79 Å². The zero-order valence-corrected chi connectivity index (χ0v) is 29.4. The zero-order chi connectivity index (χ0) is 38.6. The second-order valence-corrected chi connectivity index (χ2v) is 13.8. The number of fused-ring (bicyclic) bond motifs is 2. The first-order valence-electron chi connectivity index (χ1n) is 15.9. The van der Waals surface area contributed by atoms with Crippen molar-refractivity contribution in [1.82, 2.24) is 10.6 Å². The fraction of sp³-hybridized carbons (Fsp3) is 0.105. The number of amides is 2. The van der Waals surface area contributed by atoms with Gasteiger partial charge >= 0.3 is 11.9 Å². The Morgan fingerprint density at radius 3 is 1.39 bits per heavy atom. The summed E-state index contributed by atoms with van der Waals surface area (Å²) < 4.78 is 10.0. The number of rotatable bonds is 13. The van der Waals surface area contributed by atoms with Crippen LogP contribution in [0.25, 0.3) is 20.2 Å². The van der Waals surface area contributed by atoms with Gasteiger partial charge in [0, 0.05) is 20.2 Å². The van der Waals surface area contributed by atoms with Crippen molar-refractivity contribution in [2.45, 2.75) is 25.3 Å². The highest BCUT2D eigenvalue weighted by Crippen LogP contribution is 2.34. The van der Waals surface area contributed by atoms with E-state index in [2.05, 4.69) is 0 Å². The average Bonchev–Trinajstić information content (AvgIpc) is 3.14. The molecule has 54 heavy (non-hydrogen) atoms. The van der Waals surface area contributed by atoms with E-state index < -0.39 is 67.9 Å². The van der Waals surface area contributed by atoms with Crippen LogP contribution in [-0.4, -0.2) is 49.8 Å². The summed E-state index contributed by atoms with van der Waals surface area (Å²) in [4.78, 5) is 78.2. The average molecular weight is 769 g/mol. The van der Waals surface area contributed by atoms with Gasteiger partial charge in [-0.1, -0.05) is 83.3 Å². The van der Waals surface area contributed by atoms with Gasteiger partial charge in [0.15, 0.2) is 0 Å². The van der Waals surface area contributed by atoms with E-state index in [4.69, 9.17) is 9.47 Å². The molecule has 6 aromatic rings. The van der Waals surface area contributed by atoms with Gasteiger partial charge in [-0.2, -0.15) is 0 Å². The Labute approximate surface area is 312 Å². The summed E-state index contributed by atoms with van der Waals surface area (Å²) in [5.74, 6) is -8.23. The molecule has 0 unspecified atom stereocenters. The summed E-state index contributed by atoms with van der Waals surface area (Å²) in [7, 11) is 0. The molecule has 14 nitrogen and oxygen atoms in total. The van der Waals surface area contributed by atoms with Crippen LogP contribution in [0.15, 0.2) is 107 Å². The van der Waals surface area contributed by atoms with E-state index in [9.17, 15) is 49.2 Å². The molecular formula is C38H28N2O12S2.